The topological polar surface area (TPSA) is 28.7 Å². The van der Waals surface area contributed by atoms with Gasteiger partial charge in [0.15, 0.2) is 0 Å². The number of H-pyrrole nitrogens is 1. The SMILES string of the molecule is Cc1c(Br)ccc2n[nH]c(C(F)F)c12. The van der Waals surface area contributed by atoms with Crippen LogP contribution in [0.1, 0.15) is 17.7 Å². The zero-order chi connectivity index (χ0) is 10.3. The summed E-state index contributed by atoms with van der Waals surface area (Å²) in [5, 5.41) is 6.69. The van der Waals surface area contributed by atoms with Crippen LogP contribution in [0.4, 0.5) is 8.78 Å². The van der Waals surface area contributed by atoms with Crippen LogP contribution in [-0.4, -0.2) is 10.2 Å². The Balaban J connectivity index is 2.82. The molecule has 1 aromatic carbocycles. The Morgan fingerprint density at radius 1 is 1.43 bits per heavy atom. The van der Waals surface area contributed by atoms with Gasteiger partial charge in [0.1, 0.15) is 5.69 Å². The summed E-state index contributed by atoms with van der Waals surface area (Å²) in [6.45, 7) is 1.79. The second-order valence-electron chi connectivity index (χ2n) is 3.00. The normalized spacial score (nSPS) is 11.5. The molecule has 74 valence electrons. The van der Waals surface area contributed by atoms with Crippen molar-refractivity contribution in [2.45, 2.75) is 13.3 Å². The van der Waals surface area contributed by atoms with E-state index in [0.717, 1.165) is 10.0 Å². The number of hydrogen-bond acceptors (Lipinski definition) is 1. The van der Waals surface area contributed by atoms with E-state index in [4.69, 9.17) is 0 Å². The first-order valence-electron chi connectivity index (χ1n) is 4.02. The highest BCUT2D eigenvalue weighted by atomic mass is 79.9. The average molecular weight is 261 g/mol. The van der Waals surface area contributed by atoms with Gasteiger partial charge in [0.05, 0.1) is 5.52 Å². The van der Waals surface area contributed by atoms with Crippen molar-refractivity contribution in [1.82, 2.24) is 10.2 Å². The molecule has 0 aliphatic heterocycles. The predicted molar refractivity (Wildman–Crippen MR) is 53.5 cm³/mol. The molecule has 2 nitrogen and oxygen atoms in total. The molecule has 0 fully saturated rings. The Kier molecular flexibility index (Phi) is 2.26. The van der Waals surface area contributed by atoms with Gasteiger partial charge in [-0.1, -0.05) is 15.9 Å². The zero-order valence-corrected chi connectivity index (χ0v) is 8.90. The molecule has 0 aliphatic rings. The lowest BCUT2D eigenvalue weighted by atomic mass is 10.1. The smallest absolute Gasteiger partial charge is 0.276 e. The number of aryl methyl sites for hydroxylation is 1. The lowest BCUT2D eigenvalue weighted by molar-refractivity contribution is 0.147. The van der Waals surface area contributed by atoms with Crippen LogP contribution < -0.4 is 0 Å². The van der Waals surface area contributed by atoms with E-state index in [1.807, 2.05) is 0 Å². The van der Waals surface area contributed by atoms with Gasteiger partial charge >= 0.3 is 0 Å². The van der Waals surface area contributed by atoms with E-state index in [9.17, 15) is 8.78 Å². The fourth-order valence-corrected chi connectivity index (χ4v) is 1.77. The van der Waals surface area contributed by atoms with Crippen LogP contribution in [0.5, 0.6) is 0 Å². The van der Waals surface area contributed by atoms with Crippen molar-refractivity contribution >= 4 is 26.8 Å². The number of halogens is 3. The molecule has 0 radical (unpaired) electrons. The molecular weight excluding hydrogens is 254 g/mol. The molecule has 0 saturated heterocycles. The predicted octanol–water partition coefficient (Wildman–Crippen LogP) is 3.57. The molecule has 0 saturated carbocycles. The van der Waals surface area contributed by atoms with Gasteiger partial charge in [-0.3, -0.25) is 5.10 Å². The van der Waals surface area contributed by atoms with E-state index >= 15 is 0 Å². The third-order valence-corrected chi connectivity index (χ3v) is 3.02. The number of alkyl halides is 2. The van der Waals surface area contributed by atoms with Crippen molar-refractivity contribution < 1.29 is 8.78 Å². The number of nitrogens with zero attached hydrogens (tertiary/aromatic N) is 1. The summed E-state index contributed by atoms with van der Waals surface area (Å²) < 4.78 is 25.9. The highest BCUT2D eigenvalue weighted by Crippen LogP contribution is 2.31. The fraction of sp³-hybridized carbons (Fsp3) is 0.222. The van der Waals surface area contributed by atoms with Crippen LogP contribution in [0.25, 0.3) is 10.9 Å². The molecule has 14 heavy (non-hydrogen) atoms. The summed E-state index contributed by atoms with van der Waals surface area (Å²) in [6.07, 6.45) is -2.52. The van der Waals surface area contributed by atoms with Crippen LogP contribution in [-0.2, 0) is 0 Å². The zero-order valence-electron chi connectivity index (χ0n) is 7.31. The highest BCUT2D eigenvalue weighted by molar-refractivity contribution is 9.10. The number of aromatic nitrogens is 2. The maximum Gasteiger partial charge on any atom is 0.280 e. The van der Waals surface area contributed by atoms with E-state index in [-0.39, 0.29) is 5.69 Å². The lowest BCUT2D eigenvalue weighted by Gasteiger charge is -2.01. The third kappa shape index (κ3) is 1.32. The van der Waals surface area contributed by atoms with E-state index in [1.165, 1.54) is 0 Å². The molecule has 2 rings (SSSR count). The molecule has 1 heterocycles. The summed E-state index contributed by atoms with van der Waals surface area (Å²) in [5.41, 5.74) is 1.24. The molecule has 0 spiro atoms. The van der Waals surface area contributed by atoms with Crippen LogP contribution in [0, 0.1) is 6.92 Å². The first-order valence-corrected chi connectivity index (χ1v) is 4.81. The Labute approximate surface area is 87.4 Å². The van der Waals surface area contributed by atoms with Gasteiger partial charge in [0, 0.05) is 9.86 Å². The van der Waals surface area contributed by atoms with Gasteiger partial charge < -0.3 is 0 Å². The number of fused-ring (bicyclic) bond motifs is 1. The van der Waals surface area contributed by atoms with Crippen LogP contribution in [0.15, 0.2) is 16.6 Å². The van der Waals surface area contributed by atoms with Crippen molar-refractivity contribution in [3.63, 3.8) is 0 Å². The summed E-state index contributed by atoms with van der Waals surface area (Å²) in [4.78, 5) is 0. The molecule has 0 amide bonds. The number of aromatic amines is 1. The van der Waals surface area contributed by atoms with Gasteiger partial charge in [-0.25, -0.2) is 8.78 Å². The van der Waals surface area contributed by atoms with Gasteiger partial charge in [-0.15, -0.1) is 0 Å². The molecule has 0 bridgehead atoms. The quantitative estimate of drug-likeness (QED) is 0.835. The largest absolute Gasteiger partial charge is 0.280 e. The molecular formula is C9H7BrF2N2. The minimum Gasteiger partial charge on any atom is -0.276 e. The molecule has 1 aromatic heterocycles. The third-order valence-electron chi connectivity index (χ3n) is 2.16. The molecule has 1 N–H and O–H groups in total. The minimum absolute atomic E-state index is 0.112. The lowest BCUT2D eigenvalue weighted by Crippen LogP contribution is -1.87. The van der Waals surface area contributed by atoms with Crippen LogP contribution in [0.3, 0.4) is 0 Å². The van der Waals surface area contributed by atoms with E-state index < -0.39 is 6.43 Å². The molecule has 0 aliphatic carbocycles. The van der Waals surface area contributed by atoms with E-state index in [1.54, 1.807) is 19.1 Å². The monoisotopic (exact) mass is 260 g/mol. The maximum absolute atomic E-state index is 12.6. The molecule has 0 unspecified atom stereocenters. The van der Waals surface area contributed by atoms with E-state index in [0.29, 0.717) is 10.9 Å². The first kappa shape index (κ1) is 9.58. The van der Waals surface area contributed by atoms with Crippen molar-refractivity contribution in [2.24, 2.45) is 0 Å². The van der Waals surface area contributed by atoms with Gasteiger partial charge in [-0.2, -0.15) is 5.10 Å². The molecule has 2 aromatic rings. The first-order chi connectivity index (χ1) is 6.61. The summed E-state index contributed by atoms with van der Waals surface area (Å²) in [6, 6.07) is 3.50. The number of nitrogens with one attached hydrogen (secondary N) is 1. The van der Waals surface area contributed by atoms with Crippen molar-refractivity contribution in [2.75, 3.05) is 0 Å². The summed E-state index contributed by atoms with van der Waals surface area (Å²) in [7, 11) is 0. The summed E-state index contributed by atoms with van der Waals surface area (Å²) >= 11 is 3.30. The number of hydrogen-bond donors (Lipinski definition) is 1. The Morgan fingerprint density at radius 3 is 2.79 bits per heavy atom. The maximum atomic E-state index is 12.6. The van der Waals surface area contributed by atoms with Crippen LogP contribution >= 0.6 is 15.9 Å². The Morgan fingerprint density at radius 2 is 2.14 bits per heavy atom. The van der Waals surface area contributed by atoms with Crippen molar-refractivity contribution in [1.29, 1.82) is 0 Å². The Hall–Kier alpha value is -0.970. The molecule has 0 atom stereocenters. The standard InChI is InChI=1S/C9H7BrF2N2/c1-4-5(10)2-3-6-7(4)8(9(11)12)14-13-6/h2-3,9H,1H3,(H,13,14). The number of benzene rings is 1. The average Bonchev–Trinajstić information content (AvgIpc) is 2.55. The van der Waals surface area contributed by atoms with Gasteiger partial charge in [0.2, 0.25) is 0 Å². The number of rotatable bonds is 1. The second kappa shape index (κ2) is 3.31. The van der Waals surface area contributed by atoms with Gasteiger partial charge in [-0.05, 0) is 24.6 Å². The minimum atomic E-state index is -2.52. The Bertz CT molecular complexity index is 479. The van der Waals surface area contributed by atoms with E-state index in [2.05, 4.69) is 26.1 Å². The summed E-state index contributed by atoms with van der Waals surface area (Å²) in [5.74, 6) is 0. The van der Waals surface area contributed by atoms with Crippen molar-refractivity contribution in [3.05, 3.63) is 27.9 Å². The highest BCUT2D eigenvalue weighted by Gasteiger charge is 2.17. The van der Waals surface area contributed by atoms with Gasteiger partial charge in [0.25, 0.3) is 6.43 Å². The fourth-order valence-electron chi connectivity index (χ4n) is 1.44. The van der Waals surface area contributed by atoms with Crippen molar-refractivity contribution in [3.8, 4) is 0 Å². The second-order valence-corrected chi connectivity index (χ2v) is 3.86. The molecule has 5 heteroatoms. The van der Waals surface area contributed by atoms with Crippen LogP contribution in [0.2, 0.25) is 0 Å².